The number of ether oxygens (including phenoxy) is 4. The van der Waals surface area contributed by atoms with Gasteiger partial charge in [-0.2, -0.15) is 0 Å². The van der Waals surface area contributed by atoms with Crippen LogP contribution in [-0.2, 0) is 23.8 Å². The van der Waals surface area contributed by atoms with Crippen molar-refractivity contribution in [3.8, 4) is 35.2 Å². The van der Waals surface area contributed by atoms with Crippen molar-refractivity contribution >= 4 is 11.9 Å². The molecule has 0 aliphatic carbocycles. The Morgan fingerprint density at radius 1 is 0.868 bits per heavy atom. The lowest BCUT2D eigenvalue weighted by molar-refractivity contribution is -0.141. The number of phenolic OH excluding ortho intramolecular Hbond substituents is 1. The molecule has 2 aromatic rings. The Hall–Kier alpha value is -3.94. The van der Waals surface area contributed by atoms with Crippen molar-refractivity contribution in [1.82, 2.24) is 0 Å². The van der Waals surface area contributed by atoms with Crippen LogP contribution in [0.3, 0.4) is 0 Å². The number of methoxy groups -OCH3 is 2. The Kier molecular flexibility index (Phi) is 13.3. The summed E-state index contributed by atoms with van der Waals surface area (Å²) in [5.41, 5.74) is 1.88. The highest BCUT2D eigenvalue weighted by Gasteiger charge is 2.17. The van der Waals surface area contributed by atoms with Crippen LogP contribution in [0.15, 0.2) is 48.5 Å². The molecule has 0 spiro atoms. The lowest BCUT2D eigenvalue weighted by Crippen LogP contribution is -2.24. The Balaban J connectivity index is 0.000000281. The largest absolute Gasteiger partial charge is 0.508 e. The van der Waals surface area contributed by atoms with Gasteiger partial charge in [-0.3, -0.25) is 9.59 Å². The Labute approximate surface area is 225 Å². The molecule has 2 aromatic carbocycles. The van der Waals surface area contributed by atoms with E-state index in [9.17, 15) is 9.59 Å². The zero-order chi connectivity index (χ0) is 27.8. The first-order valence-corrected chi connectivity index (χ1v) is 12.6. The van der Waals surface area contributed by atoms with Gasteiger partial charge in [0.1, 0.15) is 11.5 Å². The topological polar surface area (TPSA) is 91.3 Å². The van der Waals surface area contributed by atoms with E-state index < -0.39 is 0 Å². The van der Waals surface area contributed by atoms with Crippen molar-refractivity contribution in [2.24, 2.45) is 0 Å². The molecule has 1 aliphatic rings. The standard InChI is InChI=1S/C18H22O4.C13H14O3/c1-3-6-15(13-17(19)20-2)14-8-10-16(11-9-14)22-18-7-4-5-12-21-18;1-3-4-11(9-13(15)16-2)10-5-7-12(14)8-6-10/h8-11,15,18H,4-5,7,12-13H2,1-2H3;5-8,11,14H,9H2,1-2H3/t15-,18?;11-/m00/s1. The van der Waals surface area contributed by atoms with E-state index in [1.807, 2.05) is 24.3 Å². The number of carbonyl (C=O) groups excluding carboxylic acids is 2. The van der Waals surface area contributed by atoms with Gasteiger partial charge in [0.2, 0.25) is 0 Å². The maximum Gasteiger partial charge on any atom is 0.307 e. The van der Waals surface area contributed by atoms with Gasteiger partial charge in [-0.25, -0.2) is 0 Å². The summed E-state index contributed by atoms with van der Waals surface area (Å²) in [7, 11) is 2.75. The number of aromatic hydroxyl groups is 1. The average molecular weight is 521 g/mol. The summed E-state index contributed by atoms with van der Waals surface area (Å²) in [5, 5.41) is 9.17. The Bertz CT molecular complexity index is 1130. The summed E-state index contributed by atoms with van der Waals surface area (Å²) in [6.45, 7) is 4.25. The van der Waals surface area contributed by atoms with Crippen molar-refractivity contribution in [2.75, 3.05) is 20.8 Å². The number of esters is 2. The van der Waals surface area contributed by atoms with E-state index in [-0.39, 0.29) is 48.7 Å². The van der Waals surface area contributed by atoms with Gasteiger partial charge in [-0.15, -0.1) is 11.8 Å². The zero-order valence-electron chi connectivity index (χ0n) is 22.5. The van der Waals surface area contributed by atoms with E-state index >= 15 is 0 Å². The van der Waals surface area contributed by atoms with Crippen LogP contribution in [0.5, 0.6) is 11.5 Å². The molecule has 3 rings (SSSR count). The van der Waals surface area contributed by atoms with Crippen molar-refractivity contribution in [1.29, 1.82) is 0 Å². The normalized spacial score (nSPS) is 15.5. The van der Waals surface area contributed by atoms with Crippen LogP contribution in [0.2, 0.25) is 0 Å². The fourth-order valence-electron chi connectivity index (χ4n) is 3.79. The Morgan fingerprint density at radius 2 is 1.37 bits per heavy atom. The van der Waals surface area contributed by atoms with Gasteiger partial charge in [0.05, 0.1) is 45.5 Å². The first-order chi connectivity index (χ1) is 18.4. The Morgan fingerprint density at radius 3 is 1.79 bits per heavy atom. The molecule has 0 bridgehead atoms. The van der Waals surface area contributed by atoms with Crippen LogP contribution in [0.25, 0.3) is 0 Å². The third kappa shape index (κ3) is 10.6. The van der Waals surface area contributed by atoms with Crippen molar-refractivity contribution in [3.63, 3.8) is 0 Å². The highest BCUT2D eigenvalue weighted by atomic mass is 16.7. The summed E-state index contributed by atoms with van der Waals surface area (Å²) in [5.74, 6) is 11.7. The molecule has 1 unspecified atom stereocenters. The quantitative estimate of drug-likeness (QED) is 0.372. The molecule has 202 valence electrons. The lowest BCUT2D eigenvalue weighted by Gasteiger charge is -2.23. The first-order valence-electron chi connectivity index (χ1n) is 12.6. The third-order valence-corrected chi connectivity index (χ3v) is 5.82. The fraction of sp³-hybridized carbons (Fsp3) is 0.419. The third-order valence-electron chi connectivity index (χ3n) is 5.82. The second-order valence-electron chi connectivity index (χ2n) is 8.53. The highest BCUT2D eigenvalue weighted by Crippen LogP contribution is 2.25. The maximum absolute atomic E-state index is 11.5. The van der Waals surface area contributed by atoms with Crippen LogP contribution in [0.4, 0.5) is 0 Å². The molecule has 0 aromatic heterocycles. The molecule has 7 nitrogen and oxygen atoms in total. The molecular weight excluding hydrogens is 484 g/mol. The lowest BCUT2D eigenvalue weighted by atomic mass is 9.96. The molecule has 7 heteroatoms. The molecule has 0 radical (unpaired) electrons. The van der Waals surface area contributed by atoms with E-state index in [2.05, 4.69) is 28.4 Å². The number of carbonyl (C=O) groups is 2. The molecule has 1 N–H and O–H groups in total. The van der Waals surface area contributed by atoms with Crippen molar-refractivity contribution in [2.45, 2.75) is 64.1 Å². The predicted molar refractivity (Wildman–Crippen MR) is 144 cm³/mol. The number of hydrogen-bond donors (Lipinski definition) is 1. The van der Waals surface area contributed by atoms with Crippen LogP contribution in [0.1, 0.15) is 68.9 Å². The minimum atomic E-state index is -0.291. The van der Waals surface area contributed by atoms with Crippen LogP contribution in [-0.4, -0.2) is 44.2 Å². The van der Waals surface area contributed by atoms with Gasteiger partial charge in [-0.1, -0.05) is 36.1 Å². The van der Waals surface area contributed by atoms with Crippen LogP contribution < -0.4 is 4.74 Å². The number of hydrogen-bond acceptors (Lipinski definition) is 7. The summed E-state index contributed by atoms with van der Waals surface area (Å²) in [6.07, 6.45) is 3.49. The van der Waals surface area contributed by atoms with E-state index in [1.54, 1.807) is 38.1 Å². The van der Waals surface area contributed by atoms with Gasteiger partial charge in [0.25, 0.3) is 0 Å². The van der Waals surface area contributed by atoms with Gasteiger partial charge in [0.15, 0.2) is 6.29 Å². The van der Waals surface area contributed by atoms with Gasteiger partial charge >= 0.3 is 11.9 Å². The molecule has 1 fully saturated rings. The zero-order valence-corrected chi connectivity index (χ0v) is 22.5. The van der Waals surface area contributed by atoms with Gasteiger partial charge in [0, 0.05) is 6.42 Å². The van der Waals surface area contributed by atoms with Gasteiger partial charge < -0.3 is 24.1 Å². The summed E-state index contributed by atoms with van der Waals surface area (Å²) in [6, 6.07) is 14.4. The summed E-state index contributed by atoms with van der Waals surface area (Å²) < 4.78 is 20.7. The van der Waals surface area contributed by atoms with Crippen LogP contribution in [0, 0.1) is 23.7 Å². The smallest absolute Gasteiger partial charge is 0.307 e. The van der Waals surface area contributed by atoms with Gasteiger partial charge in [-0.05, 0) is 62.1 Å². The van der Waals surface area contributed by atoms with E-state index in [1.165, 1.54) is 14.2 Å². The molecule has 1 saturated heterocycles. The number of benzene rings is 2. The molecule has 0 saturated carbocycles. The summed E-state index contributed by atoms with van der Waals surface area (Å²) >= 11 is 0. The molecular formula is C31H36O7. The molecule has 1 aliphatic heterocycles. The average Bonchev–Trinajstić information content (AvgIpc) is 2.94. The molecule has 1 heterocycles. The summed E-state index contributed by atoms with van der Waals surface area (Å²) in [4.78, 5) is 22.7. The molecule has 38 heavy (non-hydrogen) atoms. The van der Waals surface area contributed by atoms with Crippen LogP contribution >= 0.6 is 0 Å². The van der Waals surface area contributed by atoms with Crippen molar-refractivity contribution in [3.05, 3.63) is 59.7 Å². The number of rotatable bonds is 8. The monoisotopic (exact) mass is 520 g/mol. The van der Waals surface area contributed by atoms with Crippen molar-refractivity contribution < 1.29 is 33.6 Å². The minimum Gasteiger partial charge on any atom is -0.508 e. The molecule has 0 amide bonds. The molecule has 3 atom stereocenters. The highest BCUT2D eigenvalue weighted by molar-refractivity contribution is 5.71. The van der Waals surface area contributed by atoms with E-state index in [0.29, 0.717) is 0 Å². The second-order valence-corrected chi connectivity index (χ2v) is 8.53. The fourth-order valence-corrected chi connectivity index (χ4v) is 3.79. The van der Waals surface area contributed by atoms with E-state index in [0.717, 1.165) is 42.7 Å². The second kappa shape index (κ2) is 16.7. The predicted octanol–water partition coefficient (Wildman–Crippen LogP) is 5.32. The SMILES string of the molecule is CC#C[C@@H](CC(=O)OC)c1ccc(O)cc1.CC#C[C@@H](CC(=O)OC)c1ccc(OC2CCCCO2)cc1. The number of phenols is 1. The minimum absolute atomic E-state index is 0.152. The maximum atomic E-state index is 11.5. The van der Waals surface area contributed by atoms with E-state index in [4.69, 9.17) is 19.3 Å². The first kappa shape index (κ1) is 30.3.